The van der Waals surface area contributed by atoms with Crippen LogP contribution in [-0.4, -0.2) is 35.1 Å². The molecule has 1 N–H and O–H groups in total. The van der Waals surface area contributed by atoms with E-state index < -0.39 is 5.56 Å². The predicted octanol–water partition coefficient (Wildman–Crippen LogP) is 2.71. The molecule has 27 heavy (non-hydrogen) atoms. The molecule has 9 heteroatoms. The molecule has 0 saturated carbocycles. The number of aryl methyl sites for hydroxylation is 1. The Kier molecular flexibility index (Phi) is 7.82. The van der Waals surface area contributed by atoms with Crippen molar-refractivity contribution < 1.29 is 14.3 Å². The average Bonchev–Trinajstić information content (AvgIpc) is 2.65. The van der Waals surface area contributed by atoms with E-state index >= 15 is 0 Å². The van der Waals surface area contributed by atoms with E-state index in [1.807, 2.05) is 13.0 Å². The molecule has 0 aliphatic carbocycles. The van der Waals surface area contributed by atoms with Gasteiger partial charge in [-0.1, -0.05) is 35.3 Å². The Hall–Kier alpha value is -2.38. The first-order chi connectivity index (χ1) is 12.9. The van der Waals surface area contributed by atoms with Crippen LogP contribution in [0.5, 0.6) is 5.88 Å². The molecule has 0 aliphatic rings. The number of rotatable bonds is 9. The quantitative estimate of drug-likeness (QED) is 0.505. The molecule has 0 saturated heterocycles. The second-order valence-corrected chi connectivity index (χ2v) is 6.50. The maximum absolute atomic E-state index is 12.3. The summed E-state index contributed by atoms with van der Waals surface area (Å²) in [5.74, 6) is -0.163. The highest BCUT2D eigenvalue weighted by Gasteiger charge is 2.16. The Balaban J connectivity index is 2.04. The van der Waals surface area contributed by atoms with Crippen LogP contribution in [0.3, 0.4) is 0 Å². The highest BCUT2D eigenvalue weighted by Crippen LogP contribution is 2.27. The summed E-state index contributed by atoms with van der Waals surface area (Å²) in [7, 11) is 0. The zero-order valence-electron chi connectivity index (χ0n) is 14.7. The van der Waals surface area contributed by atoms with Gasteiger partial charge in [0.05, 0.1) is 12.3 Å². The summed E-state index contributed by atoms with van der Waals surface area (Å²) in [6.07, 6.45) is 1.55. The van der Waals surface area contributed by atoms with Gasteiger partial charge in [0.25, 0.3) is 11.4 Å². The predicted molar refractivity (Wildman–Crippen MR) is 103 cm³/mol. The van der Waals surface area contributed by atoms with Crippen LogP contribution in [0.15, 0.2) is 29.1 Å². The molecule has 1 aromatic heterocycles. The van der Waals surface area contributed by atoms with Gasteiger partial charge in [0.1, 0.15) is 16.3 Å². The van der Waals surface area contributed by atoms with Gasteiger partial charge in [-0.2, -0.15) is 4.68 Å². The van der Waals surface area contributed by atoms with E-state index in [-0.39, 0.29) is 41.3 Å². The maximum Gasteiger partial charge on any atom is 0.292 e. The van der Waals surface area contributed by atoms with Gasteiger partial charge in [-0.05, 0) is 31.0 Å². The van der Waals surface area contributed by atoms with Crippen LogP contribution < -0.4 is 15.6 Å². The van der Waals surface area contributed by atoms with Gasteiger partial charge in [-0.3, -0.25) is 9.59 Å². The Morgan fingerprint density at radius 1 is 1.33 bits per heavy atom. The summed E-state index contributed by atoms with van der Waals surface area (Å²) in [6, 6.07) is 7.21. The normalized spacial score (nSPS) is 10.5. The van der Waals surface area contributed by atoms with Gasteiger partial charge >= 0.3 is 0 Å². The molecule has 0 fully saturated rings. The van der Waals surface area contributed by atoms with Crippen LogP contribution in [0.1, 0.15) is 24.8 Å². The Morgan fingerprint density at radius 2 is 2.11 bits per heavy atom. The summed E-state index contributed by atoms with van der Waals surface area (Å²) in [4.78, 5) is 34.0. The van der Waals surface area contributed by atoms with Crippen molar-refractivity contribution in [2.45, 2.75) is 26.2 Å². The van der Waals surface area contributed by atoms with Gasteiger partial charge < -0.3 is 14.8 Å². The molecular weight excluding hydrogens is 393 g/mol. The topological polar surface area (TPSA) is 90.3 Å². The first kappa shape index (κ1) is 20.9. The standard InChI is InChI=1S/C18H19Cl2N3O4/c1-12-5-2-6-13(11-12)23-18(26)16(20)15(19)17(22-23)27-10-4-8-21-14(25)7-3-9-24/h2,5-6,9,11H,3-4,7-8,10H2,1H3,(H,21,25). The Labute approximate surface area is 166 Å². The van der Waals surface area contributed by atoms with Crippen molar-refractivity contribution >= 4 is 35.4 Å². The third kappa shape index (κ3) is 5.80. The molecule has 0 atom stereocenters. The fraction of sp³-hybridized carbons (Fsp3) is 0.333. The lowest BCUT2D eigenvalue weighted by Gasteiger charge is -2.12. The van der Waals surface area contributed by atoms with Crippen molar-refractivity contribution in [3.63, 3.8) is 0 Å². The van der Waals surface area contributed by atoms with E-state index in [2.05, 4.69) is 10.4 Å². The second-order valence-electron chi connectivity index (χ2n) is 5.75. The van der Waals surface area contributed by atoms with Crippen LogP contribution >= 0.6 is 23.2 Å². The van der Waals surface area contributed by atoms with E-state index in [0.29, 0.717) is 24.9 Å². The number of hydrogen-bond acceptors (Lipinski definition) is 5. The van der Waals surface area contributed by atoms with Crippen LogP contribution in [0.25, 0.3) is 5.69 Å². The lowest BCUT2D eigenvalue weighted by atomic mass is 10.2. The molecule has 0 radical (unpaired) electrons. The summed E-state index contributed by atoms with van der Waals surface area (Å²) >= 11 is 12.1. The van der Waals surface area contributed by atoms with Gasteiger partial charge in [0.2, 0.25) is 5.91 Å². The molecule has 144 valence electrons. The monoisotopic (exact) mass is 411 g/mol. The average molecular weight is 412 g/mol. The number of aldehydes is 1. The molecule has 0 bridgehead atoms. The van der Waals surface area contributed by atoms with E-state index in [9.17, 15) is 14.4 Å². The number of ether oxygens (including phenoxy) is 1. The van der Waals surface area contributed by atoms with Crippen molar-refractivity contribution in [1.29, 1.82) is 0 Å². The van der Waals surface area contributed by atoms with Gasteiger partial charge in [-0.15, -0.1) is 5.10 Å². The second kappa shape index (κ2) is 10.1. The number of benzene rings is 1. The minimum atomic E-state index is -0.540. The van der Waals surface area contributed by atoms with E-state index in [1.54, 1.807) is 18.2 Å². The first-order valence-corrected chi connectivity index (χ1v) is 9.08. The molecular formula is C18H19Cl2N3O4. The summed E-state index contributed by atoms with van der Waals surface area (Å²) in [5, 5.41) is 6.60. The minimum Gasteiger partial charge on any atom is -0.475 e. The Bertz CT molecular complexity index is 883. The lowest BCUT2D eigenvalue weighted by molar-refractivity contribution is -0.122. The first-order valence-electron chi connectivity index (χ1n) is 8.32. The lowest BCUT2D eigenvalue weighted by Crippen LogP contribution is -2.26. The van der Waals surface area contributed by atoms with E-state index in [4.69, 9.17) is 27.9 Å². The third-order valence-corrected chi connectivity index (χ3v) is 4.37. The number of carbonyl (C=O) groups is 2. The van der Waals surface area contributed by atoms with Crippen molar-refractivity contribution in [1.82, 2.24) is 15.1 Å². The minimum absolute atomic E-state index is 0.0371. The zero-order chi connectivity index (χ0) is 19.8. The molecule has 0 aliphatic heterocycles. The van der Waals surface area contributed by atoms with Crippen molar-refractivity contribution in [2.75, 3.05) is 13.2 Å². The highest BCUT2D eigenvalue weighted by atomic mass is 35.5. The molecule has 1 heterocycles. The smallest absolute Gasteiger partial charge is 0.292 e. The van der Waals surface area contributed by atoms with Crippen molar-refractivity contribution in [3.8, 4) is 11.6 Å². The molecule has 0 unspecified atom stereocenters. The molecule has 2 rings (SSSR count). The third-order valence-electron chi connectivity index (χ3n) is 3.57. The fourth-order valence-electron chi connectivity index (χ4n) is 2.24. The fourth-order valence-corrected chi connectivity index (χ4v) is 2.57. The SMILES string of the molecule is Cc1cccc(-n2nc(OCCCNC(=O)CCC=O)c(Cl)c(Cl)c2=O)c1. The molecule has 0 spiro atoms. The van der Waals surface area contributed by atoms with Gasteiger partial charge in [-0.25, -0.2) is 0 Å². The zero-order valence-corrected chi connectivity index (χ0v) is 16.2. The molecule has 2 aromatic rings. The molecule has 7 nitrogen and oxygen atoms in total. The van der Waals surface area contributed by atoms with Crippen molar-refractivity contribution in [2.24, 2.45) is 0 Å². The molecule has 1 aromatic carbocycles. The number of nitrogens with one attached hydrogen (secondary N) is 1. The van der Waals surface area contributed by atoms with Crippen LogP contribution in [0, 0.1) is 6.92 Å². The Morgan fingerprint density at radius 3 is 2.81 bits per heavy atom. The number of carbonyl (C=O) groups excluding carboxylic acids is 2. The highest BCUT2D eigenvalue weighted by molar-refractivity contribution is 6.42. The van der Waals surface area contributed by atoms with E-state index in [1.165, 1.54) is 0 Å². The summed E-state index contributed by atoms with van der Waals surface area (Å²) in [6.45, 7) is 2.48. The van der Waals surface area contributed by atoms with Crippen LogP contribution in [-0.2, 0) is 9.59 Å². The number of hydrogen-bond donors (Lipinski definition) is 1. The van der Waals surface area contributed by atoms with Gasteiger partial charge in [0, 0.05) is 19.4 Å². The maximum atomic E-state index is 12.3. The summed E-state index contributed by atoms with van der Waals surface area (Å²) in [5.41, 5.74) is 0.966. The summed E-state index contributed by atoms with van der Waals surface area (Å²) < 4.78 is 6.67. The van der Waals surface area contributed by atoms with Crippen molar-refractivity contribution in [3.05, 3.63) is 50.2 Å². The number of aromatic nitrogens is 2. The van der Waals surface area contributed by atoms with Crippen LogP contribution in [0.4, 0.5) is 0 Å². The largest absolute Gasteiger partial charge is 0.475 e. The number of halogens is 2. The molecule has 1 amide bonds. The number of amides is 1. The number of nitrogens with zero attached hydrogens (tertiary/aromatic N) is 2. The van der Waals surface area contributed by atoms with Gasteiger partial charge in [0.15, 0.2) is 0 Å². The van der Waals surface area contributed by atoms with E-state index in [0.717, 1.165) is 10.2 Å². The van der Waals surface area contributed by atoms with Crippen LogP contribution in [0.2, 0.25) is 10.0 Å².